The summed E-state index contributed by atoms with van der Waals surface area (Å²) in [6.07, 6.45) is 4.24. The highest BCUT2D eigenvalue weighted by molar-refractivity contribution is 6.31. The molecule has 1 fully saturated rings. The lowest BCUT2D eigenvalue weighted by Gasteiger charge is -2.29. The van der Waals surface area contributed by atoms with Crippen LogP contribution in [0.1, 0.15) is 41.6 Å². The Morgan fingerprint density at radius 3 is 2.72 bits per heavy atom. The van der Waals surface area contributed by atoms with Gasteiger partial charge in [0.15, 0.2) is 0 Å². The second kappa shape index (κ2) is 5.72. The minimum atomic E-state index is -0.0806. The molecule has 3 N–H and O–H groups in total. The molecule has 4 heteroatoms. The van der Waals surface area contributed by atoms with Gasteiger partial charge in [-0.2, -0.15) is 0 Å². The largest absolute Gasteiger partial charge is 0.348 e. The van der Waals surface area contributed by atoms with Crippen molar-refractivity contribution in [3.05, 3.63) is 34.3 Å². The smallest absolute Gasteiger partial charge is 0.251 e. The van der Waals surface area contributed by atoms with E-state index in [-0.39, 0.29) is 18.0 Å². The fourth-order valence-corrected chi connectivity index (χ4v) is 2.75. The van der Waals surface area contributed by atoms with Crippen molar-refractivity contribution in [2.45, 2.75) is 44.7 Å². The first kappa shape index (κ1) is 13.4. The minimum Gasteiger partial charge on any atom is -0.348 e. The number of hydrogen-bond donors (Lipinski definition) is 2. The summed E-state index contributed by atoms with van der Waals surface area (Å²) >= 11 is 5.96. The Hall–Kier alpha value is -1.06. The van der Waals surface area contributed by atoms with Crippen molar-refractivity contribution in [3.8, 4) is 0 Å². The maximum absolute atomic E-state index is 12.1. The van der Waals surface area contributed by atoms with E-state index in [2.05, 4.69) is 5.32 Å². The molecule has 2 atom stereocenters. The maximum atomic E-state index is 12.1. The summed E-state index contributed by atoms with van der Waals surface area (Å²) in [6, 6.07) is 5.53. The summed E-state index contributed by atoms with van der Waals surface area (Å²) in [5, 5.41) is 3.61. The highest BCUT2D eigenvalue weighted by atomic mass is 35.5. The average molecular weight is 267 g/mol. The zero-order valence-corrected chi connectivity index (χ0v) is 11.3. The number of amides is 1. The third-order valence-electron chi connectivity index (χ3n) is 3.44. The monoisotopic (exact) mass is 266 g/mol. The van der Waals surface area contributed by atoms with Crippen LogP contribution in [0.25, 0.3) is 0 Å². The van der Waals surface area contributed by atoms with Crippen LogP contribution in [-0.4, -0.2) is 18.0 Å². The fourth-order valence-electron chi connectivity index (χ4n) is 2.46. The maximum Gasteiger partial charge on any atom is 0.251 e. The molecule has 0 aromatic heterocycles. The summed E-state index contributed by atoms with van der Waals surface area (Å²) in [4.78, 5) is 12.1. The van der Waals surface area contributed by atoms with Crippen LogP contribution >= 0.6 is 11.6 Å². The van der Waals surface area contributed by atoms with Crippen LogP contribution in [0.15, 0.2) is 18.2 Å². The van der Waals surface area contributed by atoms with Gasteiger partial charge in [0.25, 0.3) is 5.91 Å². The molecule has 0 radical (unpaired) electrons. The average Bonchev–Trinajstić information content (AvgIpc) is 2.31. The third kappa shape index (κ3) is 3.24. The number of carbonyl (C=O) groups excluding carboxylic acids is 1. The van der Waals surface area contributed by atoms with E-state index in [0.29, 0.717) is 10.6 Å². The molecule has 0 unspecified atom stereocenters. The molecule has 1 amide bonds. The van der Waals surface area contributed by atoms with Gasteiger partial charge in [-0.05, 0) is 43.5 Å². The fraction of sp³-hybridized carbons (Fsp3) is 0.500. The Balaban J connectivity index is 2.06. The second-order valence-electron chi connectivity index (χ2n) is 5.05. The molecule has 0 aliphatic heterocycles. The van der Waals surface area contributed by atoms with Gasteiger partial charge in [-0.3, -0.25) is 4.79 Å². The van der Waals surface area contributed by atoms with Crippen molar-refractivity contribution >= 4 is 17.5 Å². The zero-order chi connectivity index (χ0) is 13.1. The van der Waals surface area contributed by atoms with Crippen LogP contribution in [0.5, 0.6) is 0 Å². The molecule has 0 spiro atoms. The van der Waals surface area contributed by atoms with E-state index in [9.17, 15) is 4.79 Å². The van der Waals surface area contributed by atoms with Gasteiger partial charge >= 0.3 is 0 Å². The standard InChI is InChI=1S/C14H19ClN2O/c1-9-6-10(8-11(15)7-9)14(18)17-13-5-3-2-4-12(13)16/h6-8,12-13H,2-5,16H2,1H3,(H,17,18)/t12-,13-/m1/s1. The predicted molar refractivity (Wildman–Crippen MR) is 73.9 cm³/mol. The van der Waals surface area contributed by atoms with Gasteiger partial charge in [-0.1, -0.05) is 24.4 Å². The van der Waals surface area contributed by atoms with Crippen molar-refractivity contribution in [3.63, 3.8) is 0 Å². The molecule has 1 aliphatic carbocycles. The molecular formula is C14H19ClN2O. The van der Waals surface area contributed by atoms with E-state index in [4.69, 9.17) is 17.3 Å². The molecule has 2 rings (SSSR count). The lowest BCUT2D eigenvalue weighted by molar-refractivity contribution is 0.0921. The molecule has 1 saturated carbocycles. The Kier molecular flexibility index (Phi) is 4.25. The van der Waals surface area contributed by atoms with Crippen molar-refractivity contribution < 1.29 is 4.79 Å². The second-order valence-corrected chi connectivity index (χ2v) is 5.48. The van der Waals surface area contributed by atoms with Crippen molar-refractivity contribution in [1.29, 1.82) is 0 Å². The predicted octanol–water partition coefficient (Wildman–Crippen LogP) is 2.65. The third-order valence-corrected chi connectivity index (χ3v) is 3.66. The first-order valence-electron chi connectivity index (χ1n) is 6.40. The zero-order valence-electron chi connectivity index (χ0n) is 10.6. The molecule has 0 heterocycles. The highest BCUT2D eigenvalue weighted by Gasteiger charge is 2.23. The Bertz CT molecular complexity index is 427. The molecule has 1 aromatic carbocycles. The van der Waals surface area contributed by atoms with Gasteiger partial charge in [-0.25, -0.2) is 0 Å². The number of hydrogen-bond acceptors (Lipinski definition) is 2. The Labute approximate surface area is 113 Å². The number of rotatable bonds is 2. The van der Waals surface area contributed by atoms with Gasteiger partial charge in [0.05, 0.1) is 0 Å². The molecule has 0 saturated heterocycles. The van der Waals surface area contributed by atoms with Crippen LogP contribution in [0.3, 0.4) is 0 Å². The molecule has 18 heavy (non-hydrogen) atoms. The van der Waals surface area contributed by atoms with E-state index in [0.717, 1.165) is 31.2 Å². The van der Waals surface area contributed by atoms with Crippen molar-refractivity contribution in [1.82, 2.24) is 5.32 Å². The van der Waals surface area contributed by atoms with E-state index < -0.39 is 0 Å². The van der Waals surface area contributed by atoms with Crippen LogP contribution in [-0.2, 0) is 0 Å². The molecule has 0 bridgehead atoms. The number of nitrogens with two attached hydrogens (primary N) is 1. The van der Waals surface area contributed by atoms with E-state index in [1.165, 1.54) is 0 Å². The van der Waals surface area contributed by atoms with Gasteiger partial charge in [0.2, 0.25) is 0 Å². The molecule has 98 valence electrons. The number of aryl methyl sites for hydroxylation is 1. The summed E-state index contributed by atoms with van der Waals surface area (Å²) in [6.45, 7) is 1.93. The van der Waals surface area contributed by atoms with Crippen LogP contribution in [0.4, 0.5) is 0 Å². The highest BCUT2D eigenvalue weighted by Crippen LogP contribution is 2.18. The van der Waals surface area contributed by atoms with Crippen molar-refractivity contribution in [2.75, 3.05) is 0 Å². The quantitative estimate of drug-likeness (QED) is 0.865. The first-order valence-corrected chi connectivity index (χ1v) is 6.77. The van der Waals surface area contributed by atoms with Crippen LogP contribution in [0.2, 0.25) is 5.02 Å². The number of halogens is 1. The lowest BCUT2D eigenvalue weighted by Crippen LogP contribution is -2.49. The molecule has 1 aliphatic rings. The summed E-state index contributed by atoms with van der Waals surface area (Å²) in [7, 11) is 0. The summed E-state index contributed by atoms with van der Waals surface area (Å²) in [5.41, 5.74) is 7.62. The van der Waals surface area contributed by atoms with E-state index >= 15 is 0 Å². The van der Waals surface area contributed by atoms with Gasteiger partial charge in [-0.15, -0.1) is 0 Å². The molecule has 1 aromatic rings. The molecule has 3 nitrogen and oxygen atoms in total. The van der Waals surface area contributed by atoms with Crippen molar-refractivity contribution in [2.24, 2.45) is 5.73 Å². The van der Waals surface area contributed by atoms with E-state index in [1.54, 1.807) is 6.07 Å². The van der Waals surface area contributed by atoms with Crippen LogP contribution < -0.4 is 11.1 Å². The van der Waals surface area contributed by atoms with Gasteiger partial charge < -0.3 is 11.1 Å². The van der Waals surface area contributed by atoms with Gasteiger partial charge in [0.1, 0.15) is 0 Å². The lowest BCUT2D eigenvalue weighted by atomic mass is 9.91. The topological polar surface area (TPSA) is 55.1 Å². The first-order chi connectivity index (χ1) is 8.56. The number of benzene rings is 1. The number of carbonyl (C=O) groups is 1. The Morgan fingerprint density at radius 1 is 1.33 bits per heavy atom. The number of nitrogens with one attached hydrogen (secondary N) is 1. The minimum absolute atomic E-state index is 0.0722. The summed E-state index contributed by atoms with van der Waals surface area (Å²) < 4.78 is 0. The van der Waals surface area contributed by atoms with Crippen LogP contribution in [0, 0.1) is 6.92 Å². The van der Waals surface area contributed by atoms with Gasteiger partial charge in [0, 0.05) is 22.7 Å². The Morgan fingerprint density at radius 2 is 2.06 bits per heavy atom. The normalized spacial score (nSPS) is 23.7. The summed E-state index contributed by atoms with van der Waals surface area (Å²) in [5.74, 6) is -0.0806. The van der Waals surface area contributed by atoms with E-state index in [1.807, 2.05) is 19.1 Å². The molecular weight excluding hydrogens is 248 g/mol. The SMILES string of the molecule is Cc1cc(Cl)cc(C(=O)N[C@@H]2CCCC[C@H]2N)c1.